The third kappa shape index (κ3) is 4.15. The van der Waals surface area contributed by atoms with Gasteiger partial charge >= 0.3 is 0 Å². The molecule has 20 heavy (non-hydrogen) atoms. The molecule has 1 unspecified atom stereocenters. The molecule has 2 rings (SSSR count). The highest BCUT2D eigenvalue weighted by molar-refractivity contribution is 5.31. The highest BCUT2D eigenvalue weighted by atomic mass is 19.1. The van der Waals surface area contributed by atoms with Crippen molar-refractivity contribution in [2.24, 2.45) is 5.73 Å². The fourth-order valence-electron chi connectivity index (χ4n) is 2.42. The Morgan fingerprint density at radius 1 is 1.30 bits per heavy atom. The topological polar surface area (TPSA) is 44.5 Å². The first-order chi connectivity index (χ1) is 9.70. The molecule has 3 nitrogen and oxygen atoms in total. The summed E-state index contributed by atoms with van der Waals surface area (Å²) in [6, 6.07) is 2.57. The van der Waals surface area contributed by atoms with E-state index in [1.165, 1.54) is 12.1 Å². The molecule has 1 saturated heterocycles. The molecule has 0 amide bonds. The Hall–Kier alpha value is -1.20. The van der Waals surface area contributed by atoms with Crippen molar-refractivity contribution in [1.29, 1.82) is 0 Å². The molecule has 1 aromatic carbocycles. The first kappa shape index (κ1) is 15.2. The van der Waals surface area contributed by atoms with Crippen molar-refractivity contribution in [1.82, 2.24) is 0 Å². The molecule has 0 spiro atoms. The van der Waals surface area contributed by atoms with Gasteiger partial charge < -0.3 is 15.2 Å². The number of halogens is 2. The van der Waals surface area contributed by atoms with E-state index in [1.807, 2.05) is 0 Å². The SMILES string of the molecule is NCCc1cc(F)c(OCCCC2CCCO2)c(F)c1. The van der Waals surface area contributed by atoms with Gasteiger partial charge in [0.1, 0.15) is 0 Å². The minimum Gasteiger partial charge on any atom is -0.488 e. The molecule has 2 N–H and O–H groups in total. The summed E-state index contributed by atoms with van der Waals surface area (Å²) in [6.07, 6.45) is 4.49. The lowest BCUT2D eigenvalue weighted by Crippen LogP contribution is -2.09. The second kappa shape index (κ2) is 7.55. The molecule has 1 heterocycles. The molecule has 112 valence electrons. The summed E-state index contributed by atoms with van der Waals surface area (Å²) in [5, 5.41) is 0. The maximum Gasteiger partial charge on any atom is 0.190 e. The second-order valence-corrected chi connectivity index (χ2v) is 5.05. The van der Waals surface area contributed by atoms with Crippen molar-refractivity contribution in [3.05, 3.63) is 29.3 Å². The van der Waals surface area contributed by atoms with Crippen molar-refractivity contribution in [3.63, 3.8) is 0 Å². The Balaban J connectivity index is 1.82. The summed E-state index contributed by atoms with van der Waals surface area (Å²) in [6.45, 7) is 1.47. The van der Waals surface area contributed by atoms with Gasteiger partial charge in [0.05, 0.1) is 12.7 Å². The van der Waals surface area contributed by atoms with Crippen LogP contribution in [0.4, 0.5) is 8.78 Å². The number of hydrogen-bond acceptors (Lipinski definition) is 3. The van der Waals surface area contributed by atoms with Gasteiger partial charge in [0.25, 0.3) is 0 Å². The van der Waals surface area contributed by atoms with E-state index in [0.29, 0.717) is 25.1 Å². The first-order valence-corrected chi connectivity index (χ1v) is 7.13. The number of nitrogens with two attached hydrogens (primary N) is 1. The maximum absolute atomic E-state index is 13.7. The third-order valence-electron chi connectivity index (χ3n) is 3.43. The van der Waals surface area contributed by atoms with E-state index in [4.69, 9.17) is 15.2 Å². The second-order valence-electron chi connectivity index (χ2n) is 5.05. The molecule has 5 heteroatoms. The lowest BCUT2D eigenvalue weighted by atomic mass is 10.1. The van der Waals surface area contributed by atoms with Crippen molar-refractivity contribution in [2.45, 2.75) is 38.2 Å². The van der Waals surface area contributed by atoms with E-state index < -0.39 is 11.6 Å². The normalized spacial score (nSPS) is 18.4. The van der Waals surface area contributed by atoms with Crippen LogP contribution in [0.3, 0.4) is 0 Å². The molecular formula is C15H21F2NO2. The molecule has 1 atom stereocenters. The van der Waals surface area contributed by atoms with Gasteiger partial charge in [-0.2, -0.15) is 0 Å². The van der Waals surface area contributed by atoms with Crippen LogP contribution in [0.25, 0.3) is 0 Å². The molecule has 0 saturated carbocycles. The van der Waals surface area contributed by atoms with E-state index >= 15 is 0 Å². The fourth-order valence-corrected chi connectivity index (χ4v) is 2.42. The standard InChI is InChI=1S/C15H21F2NO2/c16-13-9-11(5-6-18)10-14(17)15(13)20-8-2-4-12-3-1-7-19-12/h9-10,12H,1-8,18H2. The Kier molecular flexibility index (Phi) is 5.73. The lowest BCUT2D eigenvalue weighted by molar-refractivity contribution is 0.0977. The van der Waals surface area contributed by atoms with Crippen LogP contribution >= 0.6 is 0 Å². The van der Waals surface area contributed by atoms with Crippen LogP contribution in [-0.2, 0) is 11.2 Å². The molecule has 1 aromatic rings. The Bertz CT molecular complexity index is 411. The van der Waals surface area contributed by atoms with Gasteiger partial charge in [0.15, 0.2) is 17.4 Å². The van der Waals surface area contributed by atoms with Crippen LogP contribution in [0, 0.1) is 11.6 Å². The van der Waals surface area contributed by atoms with Gasteiger partial charge in [0.2, 0.25) is 0 Å². The van der Waals surface area contributed by atoms with Gasteiger partial charge in [0, 0.05) is 6.61 Å². The summed E-state index contributed by atoms with van der Waals surface area (Å²) in [5.74, 6) is -1.62. The van der Waals surface area contributed by atoms with E-state index in [-0.39, 0.29) is 11.9 Å². The van der Waals surface area contributed by atoms with Crippen molar-refractivity contribution in [3.8, 4) is 5.75 Å². The third-order valence-corrected chi connectivity index (χ3v) is 3.43. The van der Waals surface area contributed by atoms with Crippen LogP contribution in [0.5, 0.6) is 5.75 Å². The average Bonchev–Trinajstić information content (AvgIpc) is 2.90. The fraction of sp³-hybridized carbons (Fsp3) is 0.600. The van der Waals surface area contributed by atoms with Gasteiger partial charge in [-0.3, -0.25) is 0 Å². The number of benzene rings is 1. The number of hydrogen-bond donors (Lipinski definition) is 1. The van der Waals surface area contributed by atoms with E-state index in [0.717, 1.165) is 32.3 Å². The van der Waals surface area contributed by atoms with Crippen LogP contribution in [0.2, 0.25) is 0 Å². The Morgan fingerprint density at radius 3 is 2.65 bits per heavy atom. The van der Waals surface area contributed by atoms with Crippen LogP contribution in [0.1, 0.15) is 31.2 Å². The van der Waals surface area contributed by atoms with E-state index in [1.54, 1.807) is 0 Å². The van der Waals surface area contributed by atoms with Crippen LogP contribution < -0.4 is 10.5 Å². The smallest absolute Gasteiger partial charge is 0.190 e. The predicted molar refractivity (Wildman–Crippen MR) is 72.8 cm³/mol. The largest absolute Gasteiger partial charge is 0.488 e. The van der Waals surface area contributed by atoms with Crippen molar-refractivity contribution < 1.29 is 18.3 Å². The van der Waals surface area contributed by atoms with Crippen molar-refractivity contribution >= 4 is 0 Å². The zero-order chi connectivity index (χ0) is 14.4. The molecule has 0 aromatic heterocycles. The highest BCUT2D eigenvalue weighted by Gasteiger charge is 2.16. The first-order valence-electron chi connectivity index (χ1n) is 7.13. The summed E-state index contributed by atoms with van der Waals surface area (Å²) in [7, 11) is 0. The molecule has 1 fully saturated rings. The summed E-state index contributed by atoms with van der Waals surface area (Å²) in [5.41, 5.74) is 5.92. The van der Waals surface area contributed by atoms with Gasteiger partial charge in [-0.1, -0.05) is 0 Å². The predicted octanol–water partition coefficient (Wildman–Crippen LogP) is 2.80. The summed E-state index contributed by atoms with van der Waals surface area (Å²) < 4.78 is 38.2. The molecule has 0 radical (unpaired) electrons. The minimum absolute atomic E-state index is 0.278. The number of rotatable bonds is 7. The maximum atomic E-state index is 13.7. The lowest BCUT2D eigenvalue weighted by Gasteiger charge is -2.12. The van der Waals surface area contributed by atoms with Gasteiger partial charge in [-0.05, 0) is 56.3 Å². The molecular weight excluding hydrogens is 264 g/mol. The molecule has 0 bridgehead atoms. The highest BCUT2D eigenvalue weighted by Crippen LogP contribution is 2.24. The van der Waals surface area contributed by atoms with E-state index in [2.05, 4.69) is 0 Å². The average molecular weight is 285 g/mol. The molecule has 1 aliphatic heterocycles. The van der Waals surface area contributed by atoms with Gasteiger partial charge in [-0.15, -0.1) is 0 Å². The quantitative estimate of drug-likeness (QED) is 0.783. The summed E-state index contributed by atoms with van der Waals surface area (Å²) >= 11 is 0. The van der Waals surface area contributed by atoms with Gasteiger partial charge in [-0.25, -0.2) is 8.78 Å². The Labute approximate surface area is 118 Å². The zero-order valence-electron chi connectivity index (χ0n) is 11.5. The van der Waals surface area contributed by atoms with Crippen LogP contribution in [-0.4, -0.2) is 25.9 Å². The molecule has 1 aliphatic rings. The van der Waals surface area contributed by atoms with Crippen molar-refractivity contribution in [2.75, 3.05) is 19.8 Å². The van der Waals surface area contributed by atoms with E-state index in [9.17, 15) is 8.78 Å². The van der Waals surface area contributed by atoms with Crippen LogP contribution in [0.15, 0.2) is 12.1 Å². The monoisotopic (exact) mass is 285 g/mol. The summed E-state index contributed by atoms with van der Waals surface area (Å²) in [4.78, 5) is 0. The zero-order valence-corrected chi connectivity index (χ0v) is 11.5. The number of ether oxygens (including phenoxy) is 2. The molecule has 0 aliphatic carbocycles. The Morgan fingerprint density at radius 2 is 2.05 bits per heavy atom. The minimum atomic E-state index is -0.662.